The number of amides is 1. The van der Waals surface area contributed by atoms with Crippen molar-refractivity contribution in [2.24, 2.45) is 7.05 Å². The minimum absolute atomic E-state index is 0.0267. The van der Waals surface area contributed by atoms with Gasteiger partial charge in [0.2, 0.25) is 0 Å². The highest BCUT2D eigenvalue weighted by Gasteiger charge is 2.18. The third-order valence-corrected chi connectivity index (χ3v) is 3.52. The van der Waals surface area contributed by atoms with Gasteiger partial charge in [-0.05, 0) is 20.8 Å². The number of nitrogens with zero attached hydrogens (tertiary/aromatic N) is 5. The van der Waals surface area contributed by atoms with Crippen LogP contribution < -0.4 is 0 Å². The SMILES string of the molecule is CCn1nc(C)c(CN(C)C(=O)c2cnn(C)c2)c1C. The summed E-state index contributed by atoms with van der Waals surface area (Å²) < 4.78 is 3.60. The van der Waals surface area contributed by atoms with Crippen molar-refractivity contribution in [1.29, 1.82) is 0 Å². The van der Waals surface area contributed by atoms with Gasteiger partial charge in [-0.25, -0.2) is 0 Å². The average Bonchev–Trinajstić information content (AvgIpc) is 2.96. The predicted octanol–water partition coefficient (Wildman–Crippen LogP) is 1.53. The van der Waals surface area contributed by atoms with Gasteiger partial charge in [0.15, 0.2) is 0 Å². The molecule has 0 aliphatic rings. The van der Waals surface area contributed by atoms with Crippen LogP contribution in [0.15, 0.2) is 12.4 Å². The van der Waals surface area contributed by atoms with Gasteiger partial charge in [-0.15, -0.1) is 0 Å². The van der Waals surface area contributed by atoms with Crippen LogP contribution in [0.25, 0.3) is 0 Å². The average molecular weight is 275 g/mol. The zero-order valence-corrected chi connectivity index (χ0v) is 12.7. The lowest BCUT2D eigenvalue weighted by molar-refractivity contribution is 0.0784. The van der Waals surface area contributed by atoms with Crippen molar-refractivity contribution in [2.45, 2.75) is 33.9 Å². The first-order valence-electron chi connectivity index (χ1n) is 6.71. The minimum Gasteiger partial charge on any atom is -0.337 e. The van der Waals surface area contributed by atoms with Crippen LogP contribution in [-0.4, -0.2) is 37.4 Å². The van der Waals surface area contributed by atoms with Gasteiger partial charge in [0.25, 0.3) is 5.91 Å². The van der Waals surface area contributed by atoms with E-state index in [2.05, 4.69) is 17.1 Å². The Hall–Kier alpha value is -2.11. The summed E-state index contributed by atoms with van der Waals surface area (Å²) >= 11 is 0. The molecule has 6 nitrogen and oxygen atoms in total. The summed E-state index contributed by atoms with van der Waals surface area (Å²) in [6.07, 6.45) is 3.32. The normalized spacial score (nSPS) is 10.8. The smallest absolute Gasteiger partial charge is 0.257 e. The monoisotopic (exact) mass is 275 g/mol. The van der Waals surface area contributed by atoms with Crippen LogP contribution in [0.2, 0.25) is 0 Å². The minimum atomic E-state index is -0.0267. The number of rotatable bonds is 4. The molecule has 2 aromatic heterocycles. The Kier molecular flexibility index (Phi) is 3.92. The summed E-state index contributed by atoms with van der Waals surface area (Å²) in [4.78, 5) is 14.0. The number of aryl methyl sites for hydroxylation is 3. The Morgan fingerprint density at radius 2 is 2.10 bits per heavy atom. The second-order valence-corrected chi connectivity index (χ2v) is 5.03. The molecule has 0 atom stereocenters. The molecule has 2 aromatic rings. The van der Waals surface area contributed by atoms with E-state index in [-0.39, 0.29) is 5.91 Å². The van der Waals surface area contributed by atoms with Crippen molar-refractivity contribution in [3.8, 4) is 0 Å². The van der Waals surface area contributed by atoms with Crippen LogP contribution in [0.5, 0.6) is 0 Å². The van der Waals surface area contributed by atoms with Crippen LogP contribution >= 0.6 is 0 Å². The molecule has 0 aliphatic heterocycles. The molecular weight excluding hydrogens is 254 g/mol. The molecule has 0 spiro atoms. The molecular formula is C14H21N5O. The van der Waals surface area contributed by atoms with Crippen LogP contribution in [0, 0.1) is 13.8 Å². The molecule has 0 saturated heterocycles. The fraction of sp³-hybridized carbons (Fsp3) is 0.500. The highest BCUT2D eigenvalue weighted by atomic mass is 16.2. The fourth-order valence-corrected chi connectivity index (χ4v) is 2.33. The van der Waals surface area contributed by atoms with Crippen LogP contribution in [0.3, 0.4) is 0 Å². The van der Waals surface area contributed by atoms with Crippen molar-refractivity contribution < 1.29 is 4.79 Å². The summed E-state index contributed by atoms with van der Waals surface area (Å²) in [5, 5.41) is 8.51. The molecule has 20 heavy (non-hydrogen) atoms. The number of hydrogen-bond donors (Lipinski definition) is 0. The summed E-state index contributed by atoms with van der Waals surface area (Å²) in [6.45, 7) is 7.49. The topological polar surface area (TPSA) is 56.0 Å². The van der Waals surface area contributed by atoms with Gasteiger partial charge in [0.1, 0.15) is 0 Å². The molecule has 0 fully saturated rings. The van der Waals surface area contributed by atoms with Crippen LogP contribution in [0.4, 0.5) is 0 Å². The van der Waals surface area contributed by atoms with Crippen molar-refractivity contribution in [3.63, 3.8) is 0 Å². The van der Waals surface area contributed by atoms with E-state index in [0.29, 0.717) is 12.1 Å². The third kappa shape index (κ3) is 2.59. The zero-order chi connectivity index (χ0) is 14.9. The van der Waals surface area contributed by atoms with Crippen molar-refractivity contribution >= 4 is 5.91 Å². The van der Waals surface area contributed by atoms with E-state index in [1.165, 1.54) is 0 Å². The maximum atomic E-state index is 12.3. The predicted molar refractivity (Wildman–Crippen MR) is 76.4 cm³/mol. The molecule has 108 valence electrons. The number of aromatic nitrogens is 4. The molecule has 2 heterocycles. The molecule has 0 aromatic carbocycles. The zero-order valence-electron chi connectivity index (χ0n) is 12.7. The van der Waals surface area contributed by atoms with E-state index in [1.807, 2.05) is 18.5 Å². The van der Waals surface area contributed by atoms with Gasteiger partial charge in [-0.1, -0.05) is 0 Å². The molecule has 1 amide bonds. The first-order valence-corrected chi connectivity index (χ1v) is 6.71. The highest BCUT2D eigenvalue weighted by molar-refractivity contribution is 5.93. The first-order chi connectivity index (χ1) is 9.43. The van der Waals surface area contributed by atoms with E-state index in [4.69, 9.17) is 0 Å². The van der Waals surface area contributed by atoms with Crippen molar-refractivity contribution in [1.82, 2.24) is 24.5 Å². The molecule has 0 aliphatic carbocycles. The molecule has 2 rings (SSSR count). The largest absolute Gasteiger partial charge is 0.337 e. The molecule has 0 N–H and O–H groups in total. The first kappa shape index (κ1) is 14.3. The quantitative estimate of drug-likeness (QED) is 0.850. The lowest BCUT2D eigenvalue weighted by Gasteiger charge is -2.16. The second kappa shape index (κ2) is 5.48. The van der Waals surface area contributed by atoms with E-state index < -0.39 is 0 Å². The molecule has 6 heteroatoms. The molecule has 0 saturated carbocycles. The van der Waals surface area contributed by atoms with Gasteiger partial charge in [0, 0.05) is 44.6 Å². The highest BCUT2D eigenvalue weighted by Crippen LogP contribution is 2.16. The maximum Gasteiger partial charge on any atom is 0.257 e. The lowest BCUT2D eigenvalue weighted by atomic mass is 10.2. The summed E-state index contributed by atoms with van der Waals surface area (Å²) in [7, 11) is 3.61. The Morgan fingerprint density at radius 1 is 1.40 bits per heavy atom. The molecule has 0 bridgehead atoms. The maximum absolute atomic E-state index is 12.3. The van der Waals surface area contributed by atoms with Crippen molar-refractivity contribution in [2.75, 3.05) is 7.05 Å². The van der Waals surface area contributed by atoms with Gasteiger partial charge >= 0.3 is 0 Å². The standard InChI is InChI=1S/C14H21N5O/c1-6-19-11(3)13(10(2)16-19)9-17(4)14(20)12-7-15-18(5)8-12/h7-8H,6,9H2,1-5H3. The van der Waals surface area contributed by atoms with Gasteiger partial charge in [-0.3, -0.25) is 14.2 Å². The number of hydrogen-bond acceptors (Lipinski definition) is 3. The van der Waals surface area contributed by atoms with E-state index in [0.717, 1.165) is 23.5 Å². The Bertz CT molecular complexity index is 626. The summed E-state index contributed by atoms with van der Waals surface area (Å²) in [6, 6.07) is 0. The fourth-order valence-electron chi connectivity index (χ4n) is 2.33. The van der Waals surface area contributed by atoms with Gasteiger partial charge in [-0.2, -0.15) is 10.2 Å². The van der Waals surface area contributed by atoms with E-state index >= 15 is 0 Å². The van der Waals surface area contributed by atoms with E-state index in [9.17, 15) is 4.79 Å². The molecule has 0 unspecified atom stereocenters. The number of carbonyl (C=O) groups excluding carboxylic acids is 1. The van der Waals surface area contributed by atoms with Crippen LogP contribution in [-0.2, 0) is 20.1 Å². The van der Waals surface area contributed by atoms with Crippen LogP contribution in [0.1, 0.15) is 34.2 Å². The lowest BCUT2D eigenvalue weighted by Crippen LogP contribution is -2.26. The Morgan fingerprint density at radius 3 is 2.60 bits per heavy atom. The summed E-state index contributed by atoms with van der Waals surface area (Å²) in [5.74, 6) is -0.0267. The Balaban J connectivity index is 2.17. The van der Waals surface area contributed by atoms with E-state index in [1.54, 1.807) is 36.1 Å². The van der Waals surface area contributed by atoms with Crippen molar-refractivity contribution in [3.05, 3.63) is 34.9 Å². The second-order valence-electron chi connectivity index (χ2n) is 5.03. The summed E-state index contributed by atoms with van der Waals surface area (Å²) in [5.41, 5.74) is 3.82. The molecule has 0 radical (unpaired) electrons. The third-order valence-electron chi connectivity index (χ3n) is 3.52. The van der Waals surface area contributed by atoms with Gasteiger partial charge < -0.3 is 4.90 Å². The van der Waals surface area contributed by atoms with Gasteiger partial charge in [0.05, 0.1) is 17.5 Å². The Labute approximate surface area is 119 Å². The number of carbonyl (C=O) groups is 1.